The van der Waals surface area contributed by atoms with Gasteiger partial charge in [-0.3, -0.25) is 0 Å². The van der Waals surface area contributed by atoms with E-state index in [4.69, 9.17) is 0 Å². The average Bonchev–Trinajstić information content (AvgIpc) is 2.06. The SMILES string of the molecule is Cc1nc(N2CC3(CCC3)C2)ccc1Br. The molecule has 1 aliphatic heterocycles. The van der Waals surface area contributed by atoms with Crippen LogP contribution >= 0.6 is 15.9 Å². The monoisotopic (exact) mass is 266 g/mol. The highest BCUT2D eigenvalue weighted by atomic mass is 79.9. The predicted octanol–water partition coefficient (Wildman–Crippen LogP) is 3.14. The van der Waals surface area contributed by atoms with Crippen molar-refractivity contribution in [1.29, 1.82) is 0 Å². The molecule has 0 N–H and O–H groups in total. The van der Waals surface area contributed by atoms with Crippen molar-refractivity contribution in [3.05, 3.63) is 22.3 Å². The van der Waals surface area contributed by atoms with Gasteiger partial charge in [-0.2, -0.15) is 0 Å². The van der Waals surface area contributed by atoms with Crippen LogP contribution in [0.4, 0.5) is 5.82 Å². The molecule has 15 heavy (non-hydrogen) atoms. The van der Waals surface area contributed by atoms with Crippen LogP contribution in [0, 0.1) is 12.3 Å². The zero-order chi connectivity index (χ0) is 10.5. The van der Waals surface area contributed by atoms with E-state index in [1.807, 2.05) is 6.92 Å². The van der Waals surface area contributed by atoms with Crippen LogP contribution in [0.25, 0.3) is 0 Å². The van der Waals surface area contributed by atoms with Gasteiger partial charge in [0, 0.05) is 23.0 Å². The molecule has 2 nitrogen and oxygen atoms in total. The largest absolute Gasteiger partial charge is 0.355 e. The van der Waals surface area contributed by atoms with Crippen LogP contribution in [0.1, 0.15) is 25.0 Å². The molecule has 1 aromatic heterocycles. The van der Waals surface area contributed by atoms with E-state index in [9.17, 15) is 0 Å². The van der Waals surface area contributed by atoms with Gasteiger partial charge >= 0.3 is 0 Å². The second kappa shape index (κ2) is 3.21. The molecule has 2 fully saturated rings. The van der Waals surface area contributed by atoms with Crippen molar-refractivity contribution in [1.82, 2.24) is 4.98 Å². The number of hydrogen-bond donors (Lipinski definition) is 0. The average molecular weight is 267 g/mol. The summed E-state index contributed by atoms with van der Waals surface area (Å²) < 4.78 is 1.10. The minimum absolute atomic E-state index is 0.683. The van der Waals surface area contributed by atoms with E-state index in [1.54, 1.807) is 0 Å². The Morgan fingerprint density at radius 3 is 2.60 bits per heavy atom. The Balaban J connectivity index is 1.75. The lowest BCUT2D eigenvalue weighted by atomic mass is 9.63. The molecule has 1 aliphatic carbocycles. The zero-order valence-electron chi connectivity index (χ0n) is 8.96. The summed E-state index contributed by atoms with van der Waals surface area (Å²) in [6.07, 6.45) is 4.29. The van der Waals surface area contributed by atoms with Gasteiger partial charge in [-0.05, 0) is 47.8 Å². The third kappa shape index (κ3) is 1.48. The first-order valence-electron chi connectivity index (χ1n) is 5.57. The Morgan fingerprint density at radius 1 is 1.33 bits per heavy atom. The topological polar surface area (TPSA) is 16.1 Å². The Labute approximate surface area is 98.8 Å². The number of nitrogens with zero attached hydrogens (tertiary/aromatic N) is 2. The van der Waals surface area contributed by atoms with Gasteiger partial charge in [-0.25, -0.2) is 4.98 Å². The summed E-state index contributed by atoms with van der Waals surface area (Å²) in [7, 11) is 0. The van der Waals surface area contributed by atoms with Crippen molar-refractivity contribution < 1.29 is 0 Å². The molecule has 2 heterocycles. The molecule has 1 saturated heterocycles. The Bertz CT molecular complexity index is 391. The van der Waals surface area contributed by atoms with Gasteiger partial charge in [0.15, 0.2) is 0 Å². The normalized spacial score (nSPS) is 22.4. The molecule has 1 aromatic rings. The van der Waals surface area contributed by atoms with Crippen molar-refractivity contribution in [2.45, 2.75) is 26.2 Å². The van der Waals surface area contributed by atoms with Crippen LogP contribution in [0.2, 0.25) is 0 Å². The summed E-state index contributed by atoms with van der Waals surface area (Å²) in [4.78, 5) is 7.00. The van der Waals surface area contributed by atoms with Crippen LogP contribution in [-0.2, 0) is 0 Å². The molecule has 0 unspecified atom stereocenters. The van der Waals surface area contributed by atoms with Gasteiger partial charge in [0.05, 0.1) is 5.69 Å². The molecule has 0 bridgehead atoms. The highest BCUT2D eigenvalue weighted by molar-refractivity contribution is 9.10. The predicted molar refractivity (Wildman–Crippen MR) is 65.2 cm³/mol. The van der Waals surface area contributed by atoms with E-state index < -0.39 is 0 Å². The van der Waals surface area contributed by atoms with E-state index in [2.05, 4.69) is 37.9 Å². The van der Waals surface area contributed by atoms with E-state index in [1.165, 1.54) is 32.4 Å². The van der Waals surface area contributed by atoms with Crippen LogP contribution in [0.15, 0.2) is 16.6 Å². The van der Waals surface area contributed by atoms with Gasteiger partial charge in [-0.1, -0.05) is 6.42 Å². The minimum atomic E-state index is 0.683. The summed E-state index contributed by atoms with van der Waals surface area (Å²) >= 11 is 3.48. The third-order valence-corrected chi connectivity index (χ3v) is 4.64. The summed E-state index contributed by atoms with van der Waals surface area (Å²) in [5, 5.41) is 0. The number of pyridine rings is 1. The highest BCUT2D eigenvalue weighted by Crippen LogP contribution is 2.49. The molecule has 0 atom stereocenters. The first kappa shape index (κ1) is 9.64. The van der Waals surface area contributed by atoms with Gasteiger partial charge in [-0.15, -0.1) is 0 Å². The number of aryl methyl sites for hydroxylation is 1. The fourth-order valence-electron chi connectivity index (χ4n) is 2.63. The van der Waals surface area contributed by atoms with Gasteiger partial charge in [0.2, 0.25) is 0 Å². The van der Waals surface area contributed by atoms with E-state index in [-0.39, 0.29) is 0 Å². The number of halogens is 1. The fourth-order valence-corrected chi connectivity index (χ4v) is 2.85. The first-order valence-corrected chi connectivity index (χ1v) is 6.36. The molecular formula is C12H15BrN2. The van der Waals surface area contributed by atoms with Gasteiger partial charge in [0.25, 0.3) is 0 Å². The quantitative estimate of drug-likeness (QED) is 0.777. The molecule has 0 aromatic carbocycles. The number of hydrogen-bond acceptors (Lipinski definition) is 2. The van der Waals surface area contributed by atoms with Crippen molar-refractivity contribution in [3.63, 3.8) is 0 Å². The third-order valence-electron chi connectivity index (χ3n) is 3.80. The summed E-state index contributed by atoms with van der Waals surface area (Å²) in [6, 6.07) is 4.21. The molecule has 0 amide bonds. The van der Waals surface area contributed by atoms with Crippen LogP contribution in [-0.4, -0.2) is 18.1 Å². The van der Waals surface area contributed by atoms with Crippen LogP contribution < -0.4 is 4.90 Å². The highest BCUT2D eigenvalue weighted by Gasteiger charge is 2.47. The minimum Gasteiger partial charge on any atom is -0.355 e. The lowest BCUT2D eigenvalue weighted by Crippen LogP contribution is -2.60. The maximum absolute atomic E-state index is 4.60. The summed E-state index contributed by atoms with van der Waals surface area (Å²) in [5.41, 5.74) is 1.77. The maximum atomic E-state index is 4.60. The lowest BCUT2D eigenvalue weighted by molar-refractivity contribution is 0.0896. The smallest absolute Gasteiger partial charge is 0.128 e. The van der Waals surface area contributed by atoms with Crippen LogP contribution in [0.5, 0.6) is 0 Å². The standard InChI is InChI=1S/C12H15BrN2/c1-9-10(13)3-4-11(14-9)15-7-12(8-15)5-2-6-12/h3-4H,2,5-8H2,1H3. The van der Waals surface area contributed by atoms with Crippen molar-refractivity contribution >= 4 is 21.7 Å². The Hall–Kier alpha value is -0.570. The molecule has 1 spiro atoms. The van der Waals surface area contributed by atoms with E-state index >= 15 is 0 Å². The van der Waals surface area contributed by atoms with Gasteiger partial charge in [0.1, 0.15) is 5.82 Å². The molecule has 3 heteroatoms. The zero-order valence-corrected chi connectivity index (χ0v) is 10.5. The number of anilines is 1. The van der Waals surface area contributed by atoms with Crippen molar-refractivity contribution in [2.24, 2.45) is 5.41 Å². The Morgan fingerprint density at radius 2 is 2.07 bits per heavy atom. The number of aromatic nitrogens is 1. The van der Waals surface area contributed by atoms with E-state index in [0.717, 1.165) is 16.0 Å². The first-order chi connectivity index (χ1) is 7.19. The summed E-state index contributed by atoms with van der Waals surface area (Å²) in [6.45, 7) is 4.49. The molecule has 3 rings (SSSR count). The molecule has 1 saturated carbocycles. The van der Waals surface area contributed by atoms with Crippen molar-refractivity contribution in [2.75, 3.05) is 18.0 Å². The van der Waals surface area contributed by atoms with Gasteiger partial charge < -0.3 is 4.90 Å². The van der Waals surface area contributed by atoms with Crippen LogP contribution in [0.3, 0.4) is 0 Å². The summed E-state index contributed by atoms with van der Waals surface area (Å²) in [5.74, 6) is 1.15. The lowest BCUT2D eigenvalue weighted by Gasteiger charge is -2.56. The second-order valence-corrected chi connectivity index (χ2v) is 5.80. The molecular weight excluding hydrogens is 252 g/mol. The molecule has 80 valence electrons. The molecule has 0 radical (unpaired) electrons. The van der Waals surface area contributed by atoms with E-state index in [0.29, 0.717) is 5.41 Å². The van der Waals surface area contributed by atoms with Crippen molar-refractivity contribution in [3.8, 4) is 0 Å². The Kier molecular flexibility index (Phi) is 2.06. The maximum Gasteiger partial charge on any atom is 0.128 e. The second-order valence-electron chi connectivity index (χ2n) is 4.95. The molecule has 2 aliphatic rings. The number of rotatable bonds is 1. The fraction of sp³-hybridized carbons (Fsp3) is 0.583.